The molecule has 0 saturated carbocycles. The molecule has 3 rings (SSSR count). The van der Waals surface area contributed by atoms with Crippen LogP contribution in [0, 0.1) is 0 Å². The van der Waals surface area contributed by atoms with Gasteiger partial charge in [-0.3, -0.25) is 14.3 Å². The van der Waals surface area contributed by atoms with E-state index in [2.05, 4.69) is 4.98 Å². The summed E-state index contributed by atoms with van der Waals surface area (Å²) in [6, 6.07) is 0. The molecule has 23 heavy (non-hydrogen) atoms. The second kappa shape index (κ2) is 6.40. The summed E-state index contributed by atoms with van der Waals surface area (Å²) in [6.07, 6.45) is -4.16. The summed E-state index contributed by atoms with van der Waals surface area (Å²) < 4.78 is 24.2. The first-order valence-corrected chi connectivity index (χ1v) is 7.28. The van der Waals surface area contributed by atoms with Gasteiger partial charge in [-0.1, -0.05) is 0 Å². The quantitative estimate of drug-likeness (QED) is 0.584. The van der Waals surface area contributed by atoms with Gasteiger partial charge >= 0.3 is 5.69 Å². The first-order valence-electron chi connectivity index (χ1n) is 7.28. The topological polar surface area (TPSA) is 117 Å². The van der Waals surface area contributed by atoms with Crippen molar-refractivity contribution < 1.29 is 24.1 Å². The average molecular weight is 331 g/mol. The van der Waals surface area contributed by atoms with Crippen molar-refractivity contribution in [3.8, 4) is 0 Å². The number of hydrogen-bond acceptors (Lipinski definition) is 7. The van der Waals surface area contributed by atoms with Crippen LogP contribution in [0.1, 0.15) is 6.23 Å². The van der Waals surface area contributed by atoms with Crippen molar-refractivity contribution in [3.05, 3.63) is 27.0 Å². The van der Waals surface area contributed by atoms with Gasteiger partial charge in [0.15, 0.2) is 6.23 Å². The largest absolute Gasteiger partial charge is 0.387 e. The van der Waals surface area contributed by atoms with E-state index in [1.54, 1.807) is 4.90 Å². The summed E-state index contributed by atoms with van der Waals surface area (Å²) in [7, 11) is 0. The molecular formula is C13H18FN3O6. The Morgan fingerprint density at radius 2 is 1.96 bits per heavy atom. The maximum Gasteiger partial charge on any atom is 0.330 e. The molecule has 1 aromatic heterocycles. The Labute approximate surface area is 129 Å². The lowest BCUT2D eigenvalue weighted by molar-refractivity contribution is -0.0454. The van der Waals surface area contributed by atoms with Gasteiger partial charge in [0.25, 0.3) is 5.56 Å². The van der Waals surface area contributed by atoms with Crippen LogP contribution in [0.15, 0.2) is 15.8 Å². The van der Waals surface area contributed by atoms with E-state index in [0.717, 1.165) is 4.57 Å². The number of ether oxygens (including phenoxy) is 2. The number of rotatable bonds is 3. The Balaban J connectivity index is 1.96. The molecule has 0 unspecified atom stereocenters. The number of hydrogen-bond donors (Lipinski definition) is 3. The van der Waals surface area contributed by atoms with Gasteiger partial charge in [-0.2, -0.15) is 0 Å². The van der Waals surface area contributed by atoms with Crippen LogP contribution in [-0.2, 0) is 9.47 Å². The Kier molecular flexibility index (Phi) is 4.48. The van der Waals surface area contributed by atoms with Crippen molar-refractivity contribution in [2.75, 3.05) is 37.9 Å². The molecule has 0 aromatic carbocycles. The summed E-state index contributed by atoms with van der Waals surface area (Å²) in [5.74, 6) is 0. The van der Waals surface area contributed by atoms with Crippen LogP contribution >= 0.6 is 0 Å². The lowest BCUT2D eigenvalue weighted by Gasteiger charge is -2.28. The maximum atomic E-state index is 12.8. The molecule has 4 atom stereocenters. The molecule has 0 radical (unpaired) electrons. The first-order chi connectivity index (χ1) is 11.0. The molecule has 3 N–H and O–H groups in total. The van der Waals surface area contributed by atoms with Crippen LogP contribution in [0.5, 0.6) is 0 Å². The van der Waals surface area contributed by atoms with Crippen molar-refractivity contribution in [2.24, 2.45) is 0 Å². The lowest BCUT2D eigenvalue weighted by atomic mass is 10.1. The van der Waals surface area contributed by atoms with E-state index >= 15 is 0 Å². The van der Waals surface area contributed by atoms with E-state index < -0.39 is 42.5 Å². The number of alkyl halides is 1. The van der Waals surface area contributed by atoms with Crippen molar-refractivity contribution >= 4 is 5.69 Å². The van der Waals surface area contributed by atoms with Gasteiger partial charge in [-0.15, -0.1) is 0 Å². The second-order valence-corrected chi connectivity index (χ2v) is 5.48. The summed E-state index contributed by atoms with van der Waals surface area (Å²) in [5.41, 5.74) is -1.15. The fraction of sp³-hybridized carbons (Fsp3) is 0.692. The monoisotopic (exact) mass is 331 g/mol. The van der Waals surface area contributed by atoms with Gasteiger partial charge < -0.3 is 24.6 Å². The fourth-order valence-electron chi connectivity index (χ4n) is 2.78. The molecule has 1 aromatic rings. The minimum atomic E-state index is -1.48. The van der Waals surface area contributed by atoms with Crippen LogP contribution in [-0.4, -0.2) is 71.1 Å². The van der Waals surface area contributed by atoms with Crippen molar-refractivity contribution in [3.63, 3.8) is 0 Å². The summed E-state index contributed by atoms with van der Waals surface area (Å²) in [5, 5.41) is 19.7. The molecule has 9 nitrogen and oxygen atoms in total. The van der Waals surface area contributed by atoms with E-state index in [1.807, 2.05) is 0 Å². The molecule has 0 bridgehead atoms. The van der Waals surface area contributed by atoms with E-state index in [0.29, 0.717) is 26.3 Å². The number of nitrogens with one attached hydrogen (secondary N) is 1. The molecule has 2 aliphatic rings. The van der Waals surface area contributed by atoms with Crippen molar-refractivity contribution in [2.45, 2.75) is 24.5 Å². The van der Waals surface area contributed by atoms with Crippen molar-refractivity contribution in [1.29, 1.82) is 0 Å². The second-order valence-electron chi connectivity index (χ2n) is 5.48. The van der Waals surface area contributed by atoms with Gasteiger partial charge in [-0.05, 0) is 0 Å². The third-order valence-electron chi connectivity index (χ3n) is 4.06. The maximum absolute atomic E-state index is 12.8. The molecule has 128 valence electrons. The summed E-state index contributed by atoms with van der Waals surface area (Å²) in [6.45, 7) is 0.854. The molecule has 2 fully saturated rings. The van der Waals surface area contributed by atoms with Gasteiger partial charge in [0.05, 0.1) is 13.2 Å². The Morgan fingerprint density at radius 1 is 1.26 bits per heavy atom. The van der Waals surface area contributed by atoms with Gasteiger partial charge in [0.2, 0.25) is 0 Å². The van der Waals surface area contributed by atoms with Gasteiger partial charge in [-0.25, -0.2) is 9.18 Å². The first kappa shape index (κ1) is 16.1. The van der Waals surface area contributed by atoms with Gasteiger partial charge in [0.1, 0.15) is 30.7 Å². The van der Waals surface area contributed by atoms with E-state index in [4.69, 9.17) is 9.47 Å². The van der Waals surface area contributed by atoms with Crippen LogP contribution in [0.25, 0.3) is 0 Å². The molecule has 0 spiro atoms. The predicted octanol–water partition coefficient (Wildman–Crippen LogP) is -2.04. The van der Waals surface area contributed by atoms with Crippen LogP contribution in [0.2, 0.25) is 0 Å². The van der Waals surface area contributed by atoms with Gasteiger partial charge in [0, 0.05) is 19.3 Å². The summed E-state index contributed by atoms with van der Waals surface area (Å²) in [4.78, 5) is 27.9. The third-order valence-corrected chi connectivity index (χ3v) is 4.06. The van der Waals surface area contributed by atoms with E-state index in [9.17, 15) is 24.2 Å². The number of morpholine rings is 1. The molecule has 3 heterocycles. The average Bonchev–Trinajstić information content (AvgIpc) is 2.84. The molecule has 10 heteroatoms. The van der Waals surface area contributed by atoms with Crippen LogP contribution in [0.3, 0.4) is 0 Å². The lowest BCUT2D eigenvalue weighted by Crippen LogP contribution is -2.43. The number of halogens is 1. The molecule has 0 aliphatic carbocycles. The molecule has 0 amide bonds. The minimum Gasteiger partial charge on any atom is -0.387 e. The van der Waals surface area contributed by atoms with Crippen LogP contribution in [0.4, 0.5) is 10.1 Å². The minimum absolute atomic E-state index is 0.224. The predicted molar refractivity (Wildman–Crippen MR) is 76.3 cm³/mol. The highest BCUT2D eigenvalue weighted by Gasteiger charge is 2.44. The van der Waals surface area contributed by atoms with Crippen LogP contribution < -0.4 is 16.1 Å². The summed E-state index contributed by atoms with van der Waals surface area (Å²) >= 11 is 0. The number of aromatic amines is 1. The molecule has 2 saturated heterocycles. The zero-order valence-electron chi connectivity index (χ0n) is 12.2. The highest BCUT2D eigenvalue weighted by atomic mass is 19.1. The normalized spacial score (nSPS) is 31.5. The Bertz CT molecular complexity index is 670. The number of aliphatic hydroxyl groups excluding tert-OH is 2. The highest BCUT2D eigenvalue weighted by Crippen LogP contribution is 2.29. The zero-order chi connectivity index (χ0) is 16.6. The van der Waals surface area contributed by atoms with E-state index in [1.165, 1.54) is 6.20 Å². The number of aromatic nitrogens is 2. The van der Waals surface area contributed by atoms with E-state index in [-0.39, 0.29) is 5.69 Å². The van der Waals surface area contributed by atoms with Crippen molar-refractivity contribution in [1.82, 2.24) is 9.55 Å². The number of anilines is 1. The smallest absolute Gasteiger partial charge is 0.330 e. The molecule has 2 aliphatic heterocycles. The standard InChI is InChI=1S/C13H18FN3O6/c14-5-8-9(18)10(19)12(23-8)17-6-7(11(20)15-13(17)21)16-1-3-22-4-2-16/h6,8-10,12,18-19H,1-5H2,(H,15,20,21)/t8-,9+,10-,12-/m0/s1. The Hall–Kier alpha value is -1.75. The molecular weight excluding hydrogens is 313 g/mol. The number of nitrogens with zero attached hydrogens (tertiary/aromatic N) is 2. The number of aliphatic hydroxyl groups is 2. The fourth-order valence-corrected chi connectivity index (χ4v) is 2.78. The SMILES string of the molecule is O=c1[nH]c(=O)n([C@H]2O[C@@H](CF)[C@@H](O)[C@@H]2O)cc1N1CCOCC1. The third kappa shape index (κ3) is 2.90. The number of H-pyrrole nitrogens is 1. The zero-order valence-corrected chi connectivity index (χ0v) is 12.2. The highest BCUT2D eigenvalue weighted by molar-refractivity contribution is 5.42. The Morgan fingerprint density at radius 3 is 2.57 bits per heavy atom.